The van der Waals surface area contributed by atoms with Crippen LogP contribution in [0.1, 0.15) is 48.9 Å². The fraction of sp³-hybridized carbons (Fsp3) is 0.450. The van der Waals surface area contributed by atoms with Gasteiger partial charge in [0.05, 0.1) is 23.3 Å². The fourth-order valence-corrected chi connectivity index (χ4v) is 3.67. The molecule has 2 aromatic rings. The first-order chi connectivity index (χ1) is 14.0. The van der Waals surface area contributed by atoms with Crippen molar-refractivity contribution in [3.63, 3.8) is 0 Å². The quantitative estimate of drug-likeness (QED) is 0.335. The van der Waals surface area contributed by atoms with Gasteiger partial charge in [-0.3, -0.25) is 10.1 Å². The van der Waals surface area contributed by atoms with Gasteiger partial charge in [0.15, 0.2) is 0 Å². The molecule has 1 fully saturated rings. The van der Waals surface area contributed by atoms with Gasteiger partial charge in [-0.2, -0.15) is 0 Å². The van der Waals surface area contributed by atoms with Crippen molar-refractivity contribution in [3.05, 3.63) is 46.3 Å². The van der Waals surface area contributed by atoms with E-state index >= 15 is 0 Å². The molecule has 1 aromatic heterocycles. The molecule has 1 aromatic carbocycles. The van der Waals surface area contributed by atoms with Crippen LogP contribution in [-0.4, -0.2) is 41.1 Å². The number of carbonyl (C=O) groups excluding carboxylic acids is 1. The van der Waals surface area contributed by atoms with E-state index in [1.54, 1.807) is 31.3 Å². The van der Waals surface area contributed by atoms with Crippen LogP contribution >= 0.6 is 0 Å². The third-order valence-electron chi connectivity index (χ3n) is 5.17. The monoisotopic (exact) mass is 399 g/mol. The van der Waals surface area contributed by atoms with Crippen LogP contribution in [0.3, 0.4) is 0 Å². The maximum Gasteiger partial charge on any atom is 0.353 e. The van der Waals surface area contributed by atoms with Gasteiger partial charge in [0.1, 0.15) is 6.33 Å². The standard InChI is InChI=1S/C20H25N5O4/c1-24(16-12-8-7-11-15(16)20(26)29-2)19-17(25(27)28)18(21-13-22-19)23-14-9-5-3-4-6-10-14/h7-8,11-14H,3-6,9-10H2,1-2H3,(H,21,22,23). The maximum absolute atomic E-state index is 12.1. The molecule has 0 aliphatic heterocycles. The van der Waals surface area contributed by atoms with Crippen molar-refractivity contribution in [2.24, 2.45) is 0 Å². The number of carbonyl (C=O) groups is 1. The van der Waals surface area contributed by atoms with Gasteiger partial charge in [-0.1, -0.05) is 37.8 Å². The van der Waals surface area contributed by atoms with Gasteiger partial charge in [0.2, 0.25) is 11.6 Å². The van der Waals surface area contributed by atoms with Crippen LogP contribution in [0.25, 0.3) is 0 Å². The summed E-state index contributed by atoms with van der Waals surface area (Å²) in [6, 6.07) is 6.89. The van der Waals surface area contributed by atoms with Gasteiger partial charge in [0, 0.05) is 13.1 Å². The molecule has 0 amide bonds. The molecule has 0 unspecified atom stereocenters. The van der Waals surface area contributed by atoms with E-state index in [2.05, 4.69) is 15.3 Å². The molecule has 0 spiro atoms. The Hall–Kier alpha value is -3.23. The topological polar surface area (TPSA) is 110 Å². The number of nitro groups is 1. The lowest BCUT2D eigenvalue weighted by Gasteiger charge is -2.22. The molecule has 1 heterocycles. The SMILES string of the molecule is COC(=O)c1ccccc1N(C)c1ncnc(NC2CCCCCC2)c1[N+](=O)[O-]. The Morgan fingerprint density at radius 2 is 1.90 bits per heavy atom. The van der Waals surface area contributed by atoms with E-state index in [9.17, 15) is 14.9 Å². The number of nitrogens with one attached hydrogen (secondary N) is 1. The van der Waals surface area contributed by atoms with Crippen LogP contribution in [0, 0.1) is 10.1 Å². The molecule has 29 heavy (non-hydrogen) atoms. The van der Waals surface area contributed by atoms with E-state index < -0.39 is 10.9 Å². The highest BCUT2D eigenvalue weighted by Crippen LogP contribution is 2.37. The summed E-state index contributed by atoms with van der Waals surface area (Å²) in [5, 5.41) is 15.2. The van der Waals surface area contributed by atoms with Gasteiger partial charge < -0.3 is 15.0 Å². The highest BCUT2D eigenvalue weighted by atomic mass is 16.6. The predicted molar refractivity (Wildman–Crippen MR) is 110 cm³/mol. The molecule has 3 rings (SSSR count). The van der Waals surface area contributed by atoms with Gasteiger partial charge in [-0.05, 0) is 25.0 Å². The van der Waals surface area contributed by atoms with E-state index in [-0.39, 0.29) is 23.4 Å². The second kappa shape index (κ2) is 9.31. The number of para-hydroxylation sites is 1. The van der Waals surface area contributed by atoms with Gasteiger partial charge in [-0.15, -0.1) is 0 Å². The van der Waals surface area contributed by atoms with Crippen molar-refractivity contribution in [1.29, 1.82) is 0 Å². The second-order valence-electron chi connectivity index (χ2n) is 7.05. The summed E-state index contributed by atoms with van der Waals surface area (Å²) >= 11 is 0. The molecule has 1 N–H and O–H groups in total. The van der Waals surface area contributed by atoms with Gasteiger partial charge in [-0.25, -0.2) is 14.8 Å². The molecule has 1 saturated carbocycles. The average Bonchev–Trinajstić information content (AvgIpc) is 3.01. The molecule has 9 heteroatoms. The van der Waals surface area contributed by atoms with Crippen molar-refractivity contribution in [1.82, 2.24) is 9.97 Å². The van der Waals surface area contributed by atoms with Crippen molar-refractivity contribution < 1.29 is 14.5 Å². The van der Waals surface area contributed by atoms with Crippen LogP contribution in [0.5, 0.6) is 0 Å². The first-order valence-electron chi connectivity index (χ1n) is 9.70. The number of methoxy groups -OCH3 is 1. The molecule has 0 saturated heterocycles. The molecule has 0 radical (unpaired) electrons. The van der Waals surface area contributed by atoms with Crippen LogP contribution in [0.15, 0.2) is 30.6 Å². The Bertz CT molecular complexity index is 881. The molecule has 9 nitrogen and oxygen atoms in total. The second-order valence-corrected chi connectivity index (χ2v) is 7.05. The first-order valence-corrected chi connectivity index (χ1v) is 9.70. The molecule has 0 bridgehead atoms. The number of aromatic nitrogens is 2. The Morgan fingerprint density at radius 3 is 2.55 bits per heavy atom. The molecular weight excluding hydrogens is 374 g/mol. The van der Waals surface area contributed by atoms with Crippen molar-refractivity contribution in [2.75, 3.05) is 24.4 Å². The summed E-state index contributed by atoms with van der Waals surface area (Å²) < 4.78 is 4.83. The molecule has 1 aliphatic rings. The number of esters is 1. The van der Waals surface area contributed by atoms with Crippen LogP contribution in [-0.2, 0) is 4.74 Å². The van der Waals surface area contributed by atoms with Crippen LogP contribution < -0.4 is 10.2 Å². The number of rotatable bonds is 6. The third-order valence-corrected chi connectivity index (χ3v) is 5.17. The number of nitrogens with zero attached hydrogens (tertiary/aromatic N) is 4. The predicted octanol–water partition coefficient (Wildman–Crippen LogP) is 4.07. The average molecular weight is 399 g/mol. The summed E-state index contributed by atoms with van der Waals surface area (Å²) in [4.78, 5) is 33.4. The zero-order valence-corrected chi connectivity index (χ0v) is 16.6. The Kier molecular flexibility index (Phi) is 6.58. The van der Waals surface area contributed by atoms with Crippen molar-refractivity contribution in [2.45, 2.75) is 44.6 Å². The normalized spacial score (nSPS) is 14.7. The summed E-state index contributed by atoms with van der Waals surface area (Å²) in [7, 11) is 2.92. The molecule has 154 valence electrons. The molecule has 1 aliphatic carbocycles. The minimum absolute atomic E-state index is 0.109. The number of hydrogen-bond acceptors (Lipinski definition) is 8. The van der Waals surface area contributed by atoms with Crippen LogP contribution in [0.4, 0.5) is 23.0 Å². The number of benzene rings is 1. The summed E-state index contributed by atoms with van der Waals surface area (Å²) in [6.07, 6.45) is 7.77. The maximum atomic E-state index is 12.1. The van der Waals surface area contributed by atoms with E-state index in [4.69, 9.17) is 4.74 Å². The molecule has 0 atom stereocenters. The fourth-order valence-electron chi connectivity index (χ4n) is 3.67. The summed E-state index contributed by atoms with van der Waals surface area (Å²) in [5.41, 5.74) is 0.546. The number of hydrogen-bond donors (Lipinski definition) is 1. The lowest BCUT2D eigenvalue weighted by Crippen LogP contribution is -2.22. The lowest BCUT2D eigenvalue weighted by atomic mass is 10.1. The third kappa shape index (κ3) is 4.61. The first kappa shape index (κ1) is 20.5. The Labute approximate surface area is 169 Å². The minimum Gasteiger partial charge on any atom is -0.465 e. The largest absolute Gasteiger partial charge is 0.465 e. The molecular formula is C20H25N5O4. The van der Waals surface area contributed by atoms with Crippen LogP contribution in [0.2, 0.25) is 0 Å². The van der Waals surface area contributed by atoms with E-state index in [0.717, 1.165) is 25.7 Å². The van der Waals surface area contributed by atoms with E-state index in [1.807, 2.05) is 0 Å². The lowest BCUT2D eigenvalue weighted by molar-refractivity contribution is -0.383. The van der Waals surface area contributed by atoms with E-state index in [0.29, 0.717) is 11.3 Å². The van der Waals surface area contributed by atoms with Gasteiger partial charge >= 0.3 is 11.7 Å². The Balaban J connectivity index is 1.99. The summed E-state index contributed by atoms with van der Waals surface area (Å²) in [6.45, 7) is 0. The number of ether oxygens (including phenoxy) is 1. The van der Waals surface area contributed by atoms with Gasteiger partial charge in [0.25, 0.3) is 0 Å². The van der Waals surface area contributed by atoms with Crippen molar-refractivity contribution >= 4 is 29.0 Å². The highest BCUT2D eigenvalue weighted by molar-refractivity contribution is 5.97. The zero-order valence-electron chi connectivity index (χ0n) is 16.6. The zero-order chi connectivity index (χ0) is 20.8. The summed E-state index contributed by atoms with van der Waals surface area (Å²) in [5.74, 6) is -0.215. The Morgan fingerprint density at radius 1 is 1.21 bits per heavy atom. The smallest absolute Gasteiger partial charge is 0.353 e. The number of anilines is 3. The highest BCUT2D eigenvalue weighted by Gasteiger charge is 2.29. The minimum atomic E-state index is -0.527. The van der Waals surface area contributed by atoms with Crippen molar-refractivity contribution in [3.8, 4) is 0 Å². The van der Waals surface area contributed by atoms with E-state index in [1.165, 1.54) is 31.2 Å².